The normalized spacial score (nSPS) is 16.8. The molecule has 1 saturated heterocycles. The number of halogens is 5. The molecule has 0 bridgehead atoms. The lowest BCUT2D eigenvalue weighted by molar-refractivity contribution is 0.196. The Morgan fingerprint density at radius 1 is 1.10 bits per heavy atom. The van der Waals surface area contributed by atoms with Crippen LogP contribution in [-0.4, -0.2) is 31.1 Å². The van der Waals surface area contributed by atoms with Crippen LogP contribution in [0.25, 0.3) is 0 Å². The van der Waals surface area contributed by atoms with Gasteiger partial charge >= 0.3 is 0 Å². The van der Waals surface area contributed by atoms with E-state index in [0.29, 0.717) is 13.1 Å². The summed E-state index contributed by atoms with van der Waals surface area (Å²) in [4.78, 5) is 1.88. The molecule has 0 spiro atoms. The van der Waals surface area contributed by atoms with Gasteiger partial charge in [-0.1, -0.05) is 6.08 Å². The first-order valence-corrected chi connectivity index (χ1v) is 5.86. The van der Waals surface area contributed by atoms with Gasteiger partial charge in [0.1, 0.15) is 5.82 Å². The fourth-order valence-electron chi connectivity index (χ4n) is 2.22. The van der Waals surface area contributed by atoms with Gasteiger partial charge in [-0.05, 0) is 12.1 Å². The molecule has 0 aromatic heterocycles. The predicted molar refractivity (Wildman–Crippen MR) is 78.2 cm³/mol. The molecule has 0 radical (unpaired) electrons. The second-order valence-corrected chi connectivity index (χ2v) is 4.22. The van der Waals surface area contributed by atoms with E-state index in [-0.39, 0.29) is 30.4 Å². The largest absolute Gasteiger partial charge is 0.314 e. The molecule has 1 aromatic rings. The molecule has 1 fully saturated rings. The van der Waals surface area contributed by atoms with Gasteiger partial charge in [0.2, 0.25) is 0 Å². The van der Waals surface area contributed by atoms with Gasteiger partial charge in [-0.2, -0.15) is 0 Å². The number of benzene rings is 1. The summed E-state index contributed by atoms with van der Waals surface area (Å²) in [6.07, 6.45) is 1.45. The molecule has 0 aliphatic carbocycles. The fraction of sp³-hybridized carbons (Fsp3) is 0.385. The number of rotatable bonds is 3. The molecule has 1 N–H and O–H groups in total. The SMILES string of the molecule is C=C[C@H](c1c(F)ccc(F)c1F)N1CCNCC1.Cl.Cl. The highest BCUT2D eigenvalue weighted by Gasteiger charge is 2.26. The Hall–Kier alpha value is -0.750. The Kier molecular flexibility index (Phi) is 8.20. The van der Waals surface area contributed by atoms with E-state index in [0.717, 1.165) is 25.2 Å². The van der Waals surface area contributed by atoms with E-state index >= 15 is 0 Å². The number of nitrogens with zero attached hydrogens (tertiary/aromatic N) is 1. The zero-order valence-electron chi connectivity index (χ0n) is 10.7. The summed E-state index contributed by atoms with van der Waals surface area (Å²) in [6.45, 7) is 6.37. The van der Waals surface area contributed by atoms with E-state index in [1.165, 1.54) is 6.08 Å². The van der Waals surface area contributed by atoms with Gasteiger partial charge < -0.3 is 5.32 Å². The van der Waals surface area contributed by atoms with Crippen molar-refractivity contribution < 1.29 is 13.2 Å². The smallest absolute Gasteiger partial charge is 0.166 e. The molecule has 20 heavy (non-hydrogen) atoms. The van der Waals surface area contributed by atoms with Crippen molar-refractivity contribution in [3.8, 4) is 0 Å². The Morgan fingerprint density at radius 3 is 2.20 bits per heavy atom. The van der Waals surface area contributed by atoms with Crippen molar-refractivity contribution in [1.29, 1.82) is 0 Å². The molecule has 0 unspecified atom stereocenters. The van der Waals surface area contributed by atoms with Gasteiger partial charge in [0.05, 0.1) is 6.04 Å². The van der Waals surface area contributed by atoms with Gasteiger partial charge in [0.15, 0.2) is 11.6 Å². The van der Waals surface area contributed by atoms with Crippen molar-refractivity contribution >= 4 is 24.8 Å². The van der Waals surface area contributed by atoms with E-state index in [9.17, 15) is 13.2 Å². The minimum Gasteiger partial charge on any atom is -0.314 e. The van der Waals surface area contributed by atoms with Crippen molar-refractivity contribution in [2.24, 2.45) is 0 Å². The number of piperazine rings is 1. The predicted octanol–water partition coefficient (Wildman–Crippen LogP) is 3.08. The van der Waals surface area contributed by atoms with Crippen molar-refractivity contribution in [3.05, 3.63) is 47.8 Å². The van der Waals surface area contributed by atoms with Crippen LogP contribution >= 0.6 is 24.8 Å². The van der Waals surface area contributed by atoms with Crippen molar-refractivity contribution in [3.63, 3.8) is 0 Å². The summed E-state index contributed by atoms with van der Waals surface area (Å²) in [7, 11) is 0. The Labute approximate surface area is 128 Å². The maximum atomic E-state index is 13.7. The monoisotopic (exact) mass is 328 g/mol. The summed E-state index contributed by atoms with van der Waals surface area (Å²) in [6, 6.07) is 1.11. The highest BCUT2D eigenvalue weighted by molar-refractivity contribution is 5.85. The third-order valence-electron chi connectivity index (χ3n) is 3.14. The van der Waals surface area contributed by atoms with Crippen LogP contribution in [0.2, 0.25) is 0 Å². The third-order valence-corrected chi connectivity index (χ3v) is 3.14. The number of hydrogen-bond acceptors (Lipinski definition) is 2. The molecule has 1 aliphatic rings. The molecular formula is C13H17Cl2F3N2. The summed E-state index contributed by atoms with van der Waals surface area (Å²) in [5.74, 6) is -2.90. The molecule has 0 saturated carbocycles. The third kappa shape index (κ3) is 3.88. The zero-order chi connectivity index (χ0) is 13.1. The zero-order valence-corrected chi connectivity index (χ0v) is 12.4. The van der Waals surface area contributed by atoms with Gasteiger partial charge in [0, 0.05) is 31.7 Å². The molecule has 1 aliphatic heterocycles. The van der Waals surface area contributed by atoms with E-state index in [1.54, 1.807) is 0 Å². The maximum absolute atomic E-state index is 13.7. The lowest BCUT2D eigenvalue weighted by atomic mass is 10.0. The number of nitrogens with one attached hydrogen (secondary N) is 1. The maximum Gasteiger partial charge on any atom is 0.166 e. The lowest BCUT2D eigenvalue weighted by Gasteiger charge is -2.33. The molecule has 7 heteroatoms. The van der Waals surface area contributed by atoms with Gasteiger partial charge in [-0.25, -0.2) is 13.2 Å². The summed E-state index contributed by atoms with van der Waals surface area (Å²) in [5.41, 5.74) is -0.257. The van der Waals surface area contributed by atoms with Crippen LogP contribution in [0.15, 0.2) is 24.8 Å². The summed E-state index contributed by atoms with van der Waals surface area (Å²) in [5, 5.41) is 3.15. The second-order valence-electron chi connectivity index (χ2n) is 4.22. The van der Waals surface area contributed by atoms with Crippen LogP contribution in [0.5, 0.6) is 0 Å². The van der Waals surface area contributed by atoms with E-state index in [2.05, 4.69) is 11.9 Å². The summed E-state index contributed by atoms with van der Waals surface area (Å²) >= 11 is 0. The van der Waals surface area contributed by atoms with E-state index < -0.39 is 23.5 Å². The Balaban J connectivity index is 0.00000180. The van der Waals surface area contributed by atoms with Crippen molar-refractivity contribution in [2.75, 3.05) is 26.2 Å². The minimum absolute atomic E-state index is 0. The van der Waals surface area contributed by atoms with Gasteiger partial charge in [0.25, 0.3) is 0 Å². The van der Waals surface area contributed by atoms with Crippen LogP contribution in [0, 0.1) is 17.5 Å². The molecule has 114 valence electrons. The molecule has 1 atom stereocenters. The Bertz CT molecular complexity index is 451. The first-order valence-electron chi connectivity index (χ1n) is 5.86. The first-order chi connectivity index (χ1) is 8.65. The lowest BCUT2D eigenvalue weighted by Crippen LogP contribution is -2.45. The summed E-state index contributed by atoms with van der Waals surface area (Å²) < 4.78 is 40.7. The molecular weight excluding hydrogens is 312 g/mol. The van der Waals surface area contributed by atoms with Crippen LogP contribution in [0.3, 0.4) is 0 Å². The average molecular weight is 329 g/mol. The van der Waals surface area contributed by atoms with Gasteiger partial charge in [-0.15, -0.1) is 31.4 Å². The second kappa shape index (κ2) is 8.52. The van der Waals surface area contributed by atoms with Gasteiger partial charge in [-0.3, -0.25) is 4.90 Å². The van der Waals surface area contributed by atoms with Crippen molar-refractivity contribution in [2.45, 2.75) is 6.04 Å². The highest BCUT2D eigenvalue weighted by Crippen LogP contribution is 2.28. The van der Waals surface area contributed by atoms with Crippen molar-refractivity contribution in [1.82, 2.24) is 10.2 Å². The molecule has 2 rings (SSSR count). The first kappa shape index (κ1) is 19.2. The van der Waals surface area contributed by atoms with Crippen LogP contribution in [0.1, 0.15) is 11.6 Å². The average Bonchev–Trinajstić information content (AvgIpc) is 2.40. The molecule has 1 aromatic carbocycles. The minimum atomic E-state index is -1.13. The van der Waals surface area contributed by atoms with E-state index in [4.69, 9.17) is 0 Å². The van der Waals surface area contributed by atoms with Crippen LogP contribution < -0.4 is 5.32 Å². The standard InChI is InChI=1S/C13H15F3N2.2ClH/c1-2-11(18-7-5-17-6-8-18)12-9(14)3-4-10(15)13(12)16;;/h2-4,11,17H,1,5-8H2;2*1H/t11-;;/m1../s1. The fourth-order valence-corrected chi connectivity index (χ4v) is 2.22. The van der Waals surface area contributed by atoms with E-state index in [1.807, 2.05) is 4.90 Å². The molecule has 2 nitrogen and oxygen atoms in total. The topological polar surface area (TPSA) is 15.3 Å². The quantitative estimate of drug-likeness (QED) is 0.677. The highest BCUT2D eigenvalue weighted by atomic mass is 35.5. The van der Waals surface area contributed by atoms with Crippen LogP contribution in [-0.2, 0) is 0 Å². The molecule has 0 amide bonds. The molecule has 1 heterocycles. The Morgan fingerprint density at radius 2 is 1.65 bits per heavy atom. The number of hydrogen-bond donors (Lipinski definition) is 1. The van der Waals surface area contributed by atoms with Crippen LogP contribution in [0.4, 0.5) is 13.2 Å².